The molecule has 8 heteroatoms. The first-order chi connectivity index (χ1) is 9.91. The Hall–Kier alpha value is -2.61. The van der Waals surface area contributed by atoms with Gasteiger partial charge in [0.2, 0.25) is 5.96 Å². The van der Waals surface area contributed by atoms with Crippen molar-refractivity contribution in [1.29, 1.82) is 5.41 Å². The average molecular weight is 305 g/mol. The molecule has 0 bridgehead atoms. The van der Waals surface area contributed by atoms with Crippen molar-refractivity contribution in [3.63, 3.8) is 0 Å². The molecule has 0 aliphatic heterocycles. The van der Waals surface area contributed by atoms with Crippen LogP contribution in [0, 0.1) is 5.41 Å². The van der Waals surface area contributed by atoms with Gasteiger partial charge in [0.05, 0.1) is 10.6 Å². The Kier molecular flexibility index (Phi) is 4.08. The van der Waals surface area contributed by atoms with E-state index in [-0.39, 0.29) is 10.9 Å². The zero-order valence-corrected chi connectivity index (χ0v) is 12.1. The van der Waals surface area contributed by atoms with Crippen LogP contribution in [0.5, 0.6) is 0 Å². The minimum atomic E-state index is -3.61. The minimum Gasteiger partial charge on any atom is -0.369 e. The fourth-order valence-corrected chi connectivity index (χ4v) is 2.88. The van der Waals surface area contributed by atoms with Gasteiger partial charge in [0.25, 0.3) is 10.0 Å². The molecule has 1 heterocycles. The summed E-state index contributed by atoms with van der Waals surface area (Å²) in [5.74, 6) is -0.286. The van der Waals surface area contributed by atoms with Crippen LogP contribution >= 0.6 is 0 Å². The van der Waals surface area contributed by atoms with Crippen LogP contribution in [0.2, 0.25) is 0 Å². The molecule has 0 fully saturated rings. The van der Waals surface area contributed by atoms with E-state index in [1.165, 1.54) is 24.5 Å². The van der Waals surface area contributed by atoms with Crippen molar-refractivity contribution < 1.29 is 8.42 Å². The van der Waals surface area contributed by atoms with Gasteiger partial charge in [-0.2, -0.15) is 5.10 Å². The number of hydrogen-bond donors (Lipinski definition) is 3. The first kappa shape index (κ1) is 14.8. The third-order valence-corrected chi connectivity index (χ3v) is 4.40. The zero-order chi connectivity index (χ0) is 15.5. The van der Waals surface area contributed by atoms with Crippen molar-refractivity contribution in [2.24, 2.45) is 10.8 Å². The Balaban J connectivity index is 2.32. The molecule has 0 amide bonds. The molecule has 0 atom stereocenters. The number of aromatic nitrogens is 1. The second kappa shape index (κ2) is 5.80. The van der Waals surface area contributed by atoms with E-state index >= 15 is 0 Å². The maximum atomic E-state index is 12.4. The summed E-state index contributed by atoms with van der Waals surface area (Å²) in [4.78, 5) is 0.212. The fourth-order valence-electron chi connectivity index (χ4n) is 1.66. The minimum absolute atomic E-state index is 0.212. The summed E-state index contributed by atoms with van der Waals surface area (Å²) in [5.41, 5.74) is 8.58. The molecule has 2 rings (SSSR count). The topological polar surface area (TPSA) is 113 Å². The van der Waals surface area contributed by atoms with Crippen LogP contribution in [0.3, 0.4) is 0 Å². The monoisotopic (exact) mass is 305 g/mol. The number of guanidine groups is 1. The van der Waals surface area contributed by atoms with Gasteiger partial charge < -0.3 is 5.73 Å². The standard InChI is InChI=1S/C13H15N5O2S/c1-10(16-17-13(14)15)11-7-8-18(9-11)21(19,20)12-5-3-2-4-6-12/h2-9H,1H3,(H4,14,15,17)/b16-10+. The number of hydrazone groups is 1. The Labute approximate surface area is 122 Å². The van der Waals surface area contributed by atoms with Gasteiger partial charge in [-0.15, -0.1) is 0 Å². The molecule has 110 valence electrons. The molecule has 1 aromatic heterocycles. The Morgan fingerprint density at radius 2 is 1.95 bits per heavy atom. The molecule has 4 N–H and O–H groups in total. The van der Waals surface area contributed by atoms with Crippen LogP contribution < -0.4 is 11.2 Å². The third-order valence-electron chi connectivity index (χ3n) is 2.75. The lowest BCUT2D eigenvalue weighted by Crippen LogP contribution is -2.26. The van der Waals surface area contributed by atoms with Gasteiger partial charge in [-0.1, -0.05) is 18.2 Å². The van der Waals surface area contributed by atoms with Crippen molar-refractivity contribution in [2.45, 2.75) is 11.8 Å². The Morgan fingerprint density at radius 1 is 1.29 bits per heavy atom. The summed E-state index contributed by atoms with van der Waals surface area (Å²) in [6.45, 7) is 1.69. The van der Waals surface area contributed by atoms with Crippen LogP contribution in [0.1, 0.15) is 12.5 Å². The van der Waals surface area contributed by atoms with E-state index < -0.39 is 10.0 Å². The van der Waals surface area contributed by atoms with Gasteiger partial charge in [0.1, 0.15) is 0 Å². The molecule has 0 aliphatic carbocycles. The molecule has 0 saturated carbocycles. The summed E-state index contributed by atoms with van der Waals surface area (Å²) in [6.07, 6.45) is 2.91. The van der Waals surface area contributed by atoms with Crippen LogP contribution in [-0.4, -0.2) is 24.1 Å². The molecular formula is C13H15N5O2S. The Bertz CT molecular complexity index is 778. The average Bonchev–Trinajstić information content (AvgIpc) is 2.96. The third kappa shape index (κ3) is 3.29. The second-order valence-corrected chi connectivity index (χ2v) is 6.11. The normalized spacial score (nSPS) is 12.1. The highest BCUT2D eigenvalue weighted by molar-refractivity contribution is 7.90. The highest BCUT2D eigenvalue weighted by Crippen LogP contribution is 2.15. The van der Waals surface area contributed by atoms with Crippen LogP contribution in [0.4, 0.5) is 0 Å². The lowest BCUT2D eigenvalue weighted by atomic mass is 10.2. The predicted molar refractivity (Wildman–Crippen MR) is 80.7 cm³/mol. The number of rotatable bonds is 4. The molecule has 7 nitrogen and oxygen atoms in total. The molecule has 2 aromatic rings. The summed E-state index contributed by atoms with van der Waals surface area (Å²) in [6, 6.07) is 9.79. The fraction of sp³-hybridized carbons (Fsp3) is 0.0769. The van der Waals surface area contributed by atoms with E-state index in [4.69, 9.17) is 11.1 Å². The van der Waals surface area contributed by atoms with Crippen molar-refractivity contribution >= 4 is 21.7 Å². The smallest absolute Gasteiger partial charge is 0.267 e. The maximum Gasteiger partial charge on any atom is 0.267 e. The van der Waals surface area contributed by atoms with Gasteiger partial charge >= 0.3 is 0 Å². The van der Waals surface area contributed by atoms with Crippen LogP contribution in [-0.2, 0) is 10.0 Å². The van der Waals surface area contributed by atoms with Gasteiger partial charge in [0.15, 0.2) is 0 Å². The van der Waals surface area contributed by atoms with Gasteiger partial charge in [-0.25, -0.2) is 17.8 Å². The van der Waals surface area contributed by atoms with Crippen molar-refractivity contribution in [3.05, 3.63) is 54.4 Å². The summed E-state index contributed by atoms with van der Waals surface area (Å²) < 4.78 is 25.9. The van der Waals surface area contributed by atoms with E-state index in [9.17, 15) is 8.42 Å². The summed E-state index contributed by atoms with van der Waals surface area (Å²) in [5, 5.41) is 10.9. The quantitative estimate of drug-likeness (QED) is 0.443. The number of benzene rings is 1. The van der Waals surface area contributed by atoms with E-state index in [0.29, 0.717) is 11.3 Å². The van der Waals surface area contributed by atoms with E-state index in [2.05, 4.69) is 10.5 Å². The predicted octanol–water partition coefficient (Wildman–Crippen LogP) is 0.932. The van der Waals surface area contributed by atoms with E-state index in [0.717, 1.165) is 3.97 Å². The molecule has 0 radical (unpaired) electrons. The highest BCUT2D eigenvalue weighted by atomic mass is 32.2. The molecule has 21 heavy (non-hydrogen) atoms. The summed E-state index contributed by atoms with van der Waals surface area (Å²) >= 11 is 0. The van der Waals surface area contributed by atoms with Crippen molar-refractivity contribution in [3.8, 4) is 0 Å². The number of nitrogens with zero attached hydrogens (tertiary/aromatic N) is 2. The maximum absolute atomic E-state index is 12.4. The molecule has 0 spiro atoms. The number of nitrogens with one attached hydrogen (secondary N) is 2. The first-order valence-electron chi connectivity index (χ1n) is 6.04. The molecular weight excluding hydrogens is 290 g/mol. The largest absolute Gasteiger partial charge is 0.369 e. The number of hydrogen-bond acceptors (Lipinski definition) is 4. The lowest BCUT2D eigenvalue weighted by molar-refractivity contribution is 0.587. The van der Waals surface area contributed by atoms with Crippen molar-refractivity contribution in [1.82, 2.24) is 9.40 Å². The van der Waals surface area contributed by atoms with Gasteiger partial charge in [-0.05, 0) is 25.1 Å². The van der Waals surface area contributed by atoms with E-state index in [1.807, 2.05) is 0 Å². The molecule has 0 unspecified atom stereocenters. The second-order valence-electron chi connectivity index (χ2n) is 4.27. The molecule has 0 saturated heterocycles. The zero-order valence-electron chi connectivity index (χ0n) is 11.3. The number of nitrogens with two attached hydrogens (primary N) is 1. The van der Waals surface area contributed by atoms with Crippen LogP contribution in [0.25, 0.3) is 0 Å². The molecule has 1 aromatic carbocycles. The SMILES string of the molecule is C/C(=N\NC(=N)N)c1ccn(S(=O)(=O)c2ccccc2)c1. The van der Waals surface area contributed by atoms with Gasteiger partial charge in [-0.3, -0.25) is 5.41 Å². The first-order valence-corrected chi connectivity index (χ1v) is 7.48. The van der Waals surface area contributed by atoms with Crippen molar-refractivity contribution in [2.75, 3.05) is 0 Å². The molecule has 0 aliphatic rings. The Morgan fingerprint density at radius 3 is 2.57 bits per heavy atom. The highest BCUT2D eigenvalue weighted by Gasteiger charge is 2.16. The van der Waals surface area contributed by atoms with Crippen LogP contribution in [0.15, 0.2) is 58.8 Å². The summed E-state index contributed by atoms with van der Waals surface area (Å²) in [7, 11) is -3.61. The lowest BCUT2D eigenvalue weighted by Gasteiger charge is -2.05. The van der Waals surface area contributed by atoms with Gasteiger partial charge in [0, 0.05) is 18.0 Å². The van der Waals surface area contributed by atoms with E-state index in [1.54, 1.807) is 31.2 Å².